The van der Waals surface area contributed by atoms with Gasteiger partial charge in [0, 0.05) is 31.0 Å². The van der Waals surface area contributed by atoms with Crippen LogP contribution in [0.2, 0.25) is 0 Å². The first kappa shape index (κ1) is 47.6. The number of ether oxygens (including phenoxy) is 9. The second kappa shape index (κ2) is 19.9. The first-order valence-corrected chi connectivity index (χ1v) is 19.9. The fourth-order valence-corrected chi connectivity index (χ4v) is 7.39. The van der Waals surface area contributed by atoms with E-state index in [1.54, 1.807) is 32.1 Å². The molecule has 0 spiro atoms. The van der Waals surface area contributed by atoms with Crippen LogP contribution in [0, 0.1) is 0 Å². The van der Waals surface area contributed by atoms with E-state index < -0.39 is 133 Å². The van der Waals surface area contributed by atoms with E-state index in [4.69, 9.17) is 47.0 Å². The van der Waals surface area contributed by atoms with Gasteiger partial charge in [-0.25, -0.2) is 0 Å². The molecular weight excluding hydrogens is 840 g/mol. The number of benzene rings is 2. The molecule has 0 bridgehead atoms. The lowest BCUT2D eigenvalue weighted by Gasteiger charge is -2.45. The summed E-state index contributed by atoms with van der Waals surface area (Å²) in [7, 11) is 1.44. The molecule has 0 unspecified atom stereocenters. The normalized spacial score (nSPS) is 32.1. The van der Waals surface area contributed by atoms with Crippen molar-refractivity contribution in [1.29, 1.82) is 0 Å². The number of phenols is 1. The summed E-state index contributed by atoms with van der Waals surface area (Å²) in [6, 6.07) is 7.21. The third-order valence-corrected chi connectivity index (χ3v) is 10.6. The van der Waals surface area contributed by atoms with E-state index in [9.17, 15) is 55.2 Å². The number of carbonyl (C=O) groups is 2. The number of hydrogen-bond donors (Lipinski definition) is 8. The van der Waals surface area contributed by atoms with Crippen molar-refractivity contribution in [2.45, 2.75) is 127 Å². The summed E-state index contributed by atoms with van der Waals surface area (Å²) in [5.41, 5.74) is -0.0286. The quantitative estimate of drug-likeness (QED) is 0.0805. The van der Waals surface area contributed by atoms with E-state index in [1.165, 1.54) is 26.2 Å². The lowest BCUT2D eigenvalue weighted by Crippen LogP contribution is -2.64. The van der Waals surface area contributed by atoms with E-state index in [-0.39, 0.29) is 34.6 Å². The third kappa shape index (κ3) is 10.1. The first-order chi connectivity index (χ1) is 29.8. The number of aliphatic hydroxyl groups excluding tert-OH is 7. The standard InChI is InChI=1S/C42H52O21/c1-16(2)7-12-22-25(59-41-31(51)30(50)28(48)26(14-43)60-41)13-23(46)27-29(49)38(35(61-36(22)27)20-8-10-21(54-6)11-9-20)63-42-33(53)39(34(17(3)56-42)57-18(4)44)62-40-32(52)37(58-19(5)45)24(47)15-55-40/h7-11,13,17,24,26,28,30-34,37,39-43,46-48,50-53H,12,14-15H2,1-6H3/t17-,24+,26+,28-,30-,31-,32-,33-,34+,37-,39+,40+,41-,42+/m1/s1. The summed E-state index contributed by atoms with van der Waals surface area (Å²) in [4.78, 5) is 38.8. The molecule has 0 saturated carbocycles. The Hall–Kier alpha value is -4.91. The lowest BCUT2D eigenvalue weighted by molar-refractivity contribution is -0.337. The summed E-state index contributed by atoms with van der Waals surface area (Å²) in [5, 5.41) is 85.7. The van der Waals surface area contributed by atoms with Gasteiger partial charge in [-0.1, -0.05) is 11.6 Å². The summed E-state index contributed by atoms with van der Waals surface area (Å²) in [6.07, 6.45) is -20.9. The molecule has 346 valence electrons. The Kier molecular flexibility index (Phi) is 15.0. The van der Waals surface area contributed by atoms with Crippen LogP contribution < -0.4 is 19.6 Å². The van der Waals surface area contributed by atoms with E-state index in [2.05, 4.69) is 0 Å². The third-order valence-electron chi connectivity index (χ3n) is 10.6. The minimum absolute atomic E-state index is 0.0000166. The topological polar surface area (TPSA) is 309 Å². The monoisotopic (exact) mass is 892 g/mol. The van der Waals surface area contributed by atoms with Crippen molar-refractivity contribution in [2.75, 3.05) is 20.3 Å². The van der Waals surface area contributed by atoms with Crippen LogP contribution in [0.25, 0.3) is 22.3 Å². The second-order valence-corrected chi connectivity index (χ2v) is 15.5. The van der Waals surface area contributed by atoms with Gasteiger partial charge in [-0.15, -0.1) is 0 Å². The highest BCUT2D eigenvalue weighted by molar-refractivity contribution is 5.91. The van der Waals surface area contributed by atoms with Crippen LogP contribution in [0.4, 0.5) is 0 Å². The zero-order valence-electron chi connectivity index (χ0n) is 35.1. The van der Waals surface area contributed by atoms with Crippen LogP contribution in [0.3, 0.4) is 0 Å². The number of phenolic OH excluding ortho intramolecular Hbond substituents is 1. The minimum Gasteiger partial charge on any atom is -0.507 e. The Bertz CT molecular complexity index is 2180. The van der Waals surface area contributed by atoms with Crippen LogP contribution in [0.1, 0.15) is 40.2 Å². The molecule has 0 aliphatic carbocycles. The Morgan fingerprint density at radius 2 is 1.44 bits per heavy atom. The van der Waals surface area contributed by atoms with Gasteiger partial charge in [-0.05, 0) is 51.5 Å². The number of methoxy groups -OCH3 is 1. The van der Waals surface area contributed by atoms with Gasteiger partial charge in [0.05, 0.1) is 26.4 Å². The average molecular weight is 893 g/mol. The van der Waals surface area contributed by atoms with Gasteiger partial charge >= 0.3 is 11.9 Å². The zero-order chi connectivity index (χ0) is 46.0. The molecular formula is C42H52O21. The number of esters is 2. The number of hydrogen-bond acceptors (Lipinski definition) is 21. The molecule has 3 aliphatic rings. The minimum atomic E-state index is -1.95. The highest BCUT2D eigenvalue weighted by atomic mass is 16.7. The Labute approximate surface area is 359 Å². The number of carbonyl (C=O) groups excluding carboxylic acids is 2. The molecule has 1 aromatic heterocycles. The van der Waals surface area contributed by atoms with Gasteiger partial charge < -0.3 is 87.9 Å². The van der Waals surface area contributed by atoms with Gasteiger partial charge in [0.2, 0.25) is 23.8 Å². The molecule has 21 nitrogen and oxygen atoms in total. The van der Waals surface area contributed by atoms with Crippen molar-refractivity contribution in [3.05, 3.63) is 57.8 Å². The fraction of sp³-hybridized carbons (Fsp3) is 0.548. The van der Waals surface area contributed by atoms with Crippen molar-refractivity contribution in [3.63, 3.8) is 0 Å². The fourth-order valence-electron chi connectivity index (χ4n) is 7.39. The van der Waals surface area contributed by atoms with Crippen molar-refractivity contribution in [1.82, 2.24) is 0 Å². The molecule has 3 aromatic rings. The van der Waals surface area contributed by atoms with Crippen LogP contribution in [0.5, 0.6) is 23.0 Å². The number of aromatic hydroxyl groups is 1. The summed E-state index contributed by atoms with van der Waals surface area (Å²) in [6.45, 7) is 6.00. The smallest absolute Gasteiger partial charge is 0.303 e. The number of allylic oxidation sites excluding steroid dienone is 2. The predicted octanol–water partition coefficient (Wildman–Crippen LogP) is -0.327. The number of aliphatic hydroxyl groups is 7. The maximum atomic E-state index is 14.8. The van der Waals surface area contributed by atoms with Gasteiger partial charge in [-0.2, -0.15) is 0 Å². The molecule has 14 atom stereocenters. The molecule has 3 fully saturated rings. The molecule has 3 aliphatic heterocycles. The highest BCUT2D eigenvalue weighted by Gasteiger charge is 2.52. The van der Waals surface area contributed by atoms with Crippen molar-refractivity contribution < 1.29 is 97.5 Å². The van der Waals surface area contributed by atoms with Crippen molar-refractivity contribution in [2.24, 2.45) is 0 Å². The molecule has 63 heavy (non-hydrogen) atoms. The van der Waals surface area contributed by atoms with Gasteiger partial charge in [0.15, 0.2) is 24.3 Å². The van der Waals surface area contributed by atoms with Crippen LogP contribution in [-0.4, -0.2) is 159 Å². The second-order valence-electron chi connectivity index (χ2n) is 15.5. The van der Waals surface area contributed by atoms with E-state index in [0.717, 1.165) is 25.5 Å². The van der Waals surface area contributed by atoms with E-state index >= 15 is 0 Å². The summed E-state index contributed by atoms with van der Waals surface area (Å²) in [5.74, 6) is -2.94. The molecule has 3 saturated heterocycles. The number of rotatable bonds is 13. The van der Waals surface area contributed by atoms with Crippen LogP contribution in [-0.2, 0) is 44.4 Å². The molecule has 4 heterocycles. The maximum absolute atomic E-state index is 14.8. The Morgan fingerprint density at radius 1 is 0.810 bits per heavy atom. The molecule has 2 aromatic carbocycles. The van der Waals surface area contributed by atoms with E-state index in [0.29, 0.717) is 5.75 Å². The predicted molar refractivity (Wildman–Crippen MR) is 212 cm³/mol. The highest BCUT2D eigenvalue weighted by Crippen LogP contribution is 2.42. The Morgan fingerprint density at radius 3 is 2.06 bits per heavy atom. The van der Waals surface area contributed by atoms with E-state index in [1.807, 2.05) is 0 Å². The average Bonchev–Trinajstić information content (AvgIpc) is 3.23. The SMILES string of the molecule is COc1ccc(-c2oc3c(CC=C(C)C)c(O[C@@H]4O[C@@H](CO)[C@@H](O)[C@@H](O)[C@H]4O)cc(O)c3c(=O)c2O[C@@H]2O[C@H](C)[C@H](OC(C)=O)[C@@H](O[C@@H]3OC[C@H](O)[C@@H](OC(C)=O)[C@H]3O)[C@H]2O)cc1. The molecule has 0 radical (unpaired) electrons. The molecule has 8 N–H and O–H groups in total. The van der Waals surface area contributed by atoms with Crippen molar-refractivity contribution >= 4 is 22.9 Å². The zero-order valence-corrected chi connectivity index (χ0v) is 35.1. The van der Waals surface area contributed by atoms with Gasteiger partial charge in [0.1, 0.15) is 77.0 Å². The summed E-state index contributed by atoms with van der Waals surface area (Å²) < 4.78 is 57.5. The van der Waals surface area contributed by atoms with Gasteiger partial charge in [0.25, 0.3) is 0 Å². The summed E-state index contributed by atoms with van der Waals surface area (Å²) >= 11 is 0. The first-order valence-electron chi connectivity index (χ1n) is 19.9. The maximum Gasteiger partial charge on any atom is 0.303 e. The van der Waals surface area contributed by atoms with Crippen LogP contribution in [0.15, 0.2) is 51.2 Å². The molecule has 6 rings (SSSR count). The number of fused-ring (bicyclic) bond motifs is 1. The Balaban J connectivity index is 1.46. The van der Waals surface area contributed by atoms with Crippen LogP contribution >= 0.6 is 0 Å². The molecule has 0 amide bonds. The largest absolute Gasteiger partial charge is 0.507 e. The lowest BCUT2D eigenvalue weighted by atomic mass is 9.98. The van der Waals surface area contributed by atoms with Gasteiger partial charge in [-0.3, -0.25) is 14.4 Å². The van der Waals surface area contributed by atoms with Crippen molar-refractivity contribution in [3.8, 4) is 34.3 Å². The molecule has 21 heteroatoms.